The average molecular weight is 694 g/mol. The molecular formula is C52H36N2. The number of benzene rings is 9. The summed E-state index contributed by atoms with van der Waals surface area (Å²) >= 11 is 0. The number of hydrogen-bond donors (Lipinski definition) is 0. The summed E-state index contributed by atoms with van der Waals surface area (Å²) in [6, 6.07) is 64.0. The van der Waals surface area contributed by atoms with Crippen molar-refractivity contribution < 1.29 is 6.85 Å². The Hall–Kier alpha value is -7.16. The SMILES string of the molecule is [2H]c1c([2H])c([2H])c(-c2ccc3ccc(-c4ccc(N(c5ccccc5)c5ccccc5-c5ccc(-n6c7ccccc7c7ccccc76)cc5)cc4)cc3c2)c([2H])c1[2H]. The van der Waals surface area contributed by atoms with E-state index in [-0.39, 0.29) is 29.7 Å². The molecule has 0 N–H and O–H groups in total. The van der Waals surface area contributed by atoms with Gasteiger partial charge in [-0.25, -0.2) is 0 Å². The Morgan fingerprint density at radius 2 is 0.926 bits per heavy atom. The van der Waals surface area contributed by atoms with Gasteiger partial charge in [-0.3, -0.25) is 0 Å². The summed E-state index contributed by atoms with van der Waals surface area (Å²) in [5.41, 5.74) is 11.6. The fourth-order valence-electron chi connectivity index (χ4n) is 7.69. The van der Waals surface area contributed by atoms with Crippen molar-refractivity contribution in [2.75, 3.05) is 4.90 Å². The van der Waals surface area contributed by atoms with Crippen molar-refractivity contribution in [1.82, 2.24) is 4.57 Å². The highest BCUT2D eigenvalue weighted by Gasteiger charge is 2.18. The van der Waals surface area contributed by atoms with E-state index >= 15 is 0 Å². The standard InChI is InChI=1S/C52H36N2/c1-3-13-37(14-4-1)41-25-23-39-24-26-42(36-43(39)35-41)38-27-31-45(32-28-38)53(44-15-5-2-6-16-44)50-20-10-7-17-47(50)40-29-33-46(34-30-40)54-51-21-11-8-18-48(51)49-19-9-12-22-52(49)54/h1-36H/i1D,3D,4D,13D,14D. The van der Waals surface area contributed by atoms with E-state index in [4.69, 9.17) is 6.85 Å². The van der Waals surface area contributed by atoms with Crippen LogP contribution in [0.1, 0.15) is 6.85 Å². The summed E-state index contributed by atoms with van der Waals surface area (Å²) in [5.74, 6) is 0. The molecule has 1 aromatic heterocycles. The minimum Gasteiger partial charge on any atom is -0.310 e. The second kappa shape index (κ2) is 13.4. The molecule has 0 radical (unpaired) electrons. The molecule has 0 spiro atoms. The van der Waals surface area contributed by atoms with Crippen molar-refractivity contribution in [1.29, 1.82) is 0 Å². The zero-order valence-corrected chi connectivity index (χ0v) is 29.3. The molecule has 0 unspecified atom stereocenters. The lowest BCUT2D eigenvalue weighted by Crippen LogP contribution is -2.11. The van der Waals surface area contributed by atoms with Gasteiger partial charge in [0.15, 0.2) is 0 Å². The maximum Gasteiger partial charge on any atom is 0.0629 e. The van der Waals surface area contributed by atoms with Crippen molar-refractivity contribution in [3.05, 3.63) is 218 Å². The first kappa shape index (κ1) is 26.6. The van der Waals surface area contributed by atoms with E-state index < -0.39 is 6.04 Å². The normalized spacial score (nSPS) is 12.6. The molecule has 0 aliphatic heterocycles. The predicted molar refractivity (Wildman–Crippen MR) is 229 cm³/mol. The van der Waals surface area contributed by atoms with Crippen LogP contribution in [0.2, 0.25) is 0 Å². The Bertz CT molecular complexity index is 3130. The predicted octanol–water partition coefficient (Wildman–Crippen LogP) is 14.4. The smallest absolute Gasteiger partial charge is 0.0629 e. The Kier molecular flexibility index (Phi) is 6.61. The van der Waals surface area contributed by atoms with E-state index in [9.17, 15) is 0 Å². The van der Waals surface area contributed by atoms with Crippen molar-refractivity contribution in [2.45, 2.75) is 0 Å². The number of aromatic nitrogens is 1. The van der Waals surface area contributed by atoms with Gasteiger partial charge in [0.1, 0.15) is 0 Å². The van der Waals surface area contributed by atoms with Crippen LogP contribution in [0.4, 0.5) is 17.1 Å². The molecule has 0 amide bonds. The minimum absolute atomic E-state index is 0.202. The highest BCUT2D eigenvalue weighted by Crippen LogP contribution is 2.42. The molecule has 1 heterocycles. The minimum atomic E-state index is -0.394. The van der Waals surface area contributed by atoms with E-state index in [1.165, 1.54) is 21.8 Å². The van der Waals surface area contributed by atoms with Gasteiger partial charge < -0.3 is 9.47 Å². The van der Waals surface area contributed by atoms with Crippen LogP contribution < -0.4 is 4.90 Å². The van der Waals surface area contributed by atoms with Crippen LogP contribution in [-0.2, 0) is 0 Å². The number of anilines is 3. The Balaban J connectivity index is 1.01. The number of fused-ring (bicyclic) bond motifs is 4. The first-order chi connectivity index (χ1) is 28.9. The van der Waals surface area contributed by atoms with E-state index in [1.807, 2.05) is 24.3 Å². The topological polar surface area (TPSA) is 8.17 Å². The highest BCUT2D eigenvalue weighted by atomic mass is 15.1. The van der Waals surface area contributed by atoms with Crippen LogP contribution in [0.25, 0.3) is 71.6 Å². The third kappa shape index (κ3) is 5.62. The van der Waals surface area contributed by atoms with Crippen molar-refractivity contribution in [3.63, 3.8) is 0 Å². The third-order valence-electron chi connectivity index (χ3n) is 10.3. The van der Waals surface area contributed by atoms with E-state index in [2.05, 4.69) is 173 Å². The summed E-state index contributed by atoms with van der Waals surface area (Å²) in [6.45, 7) is 0. The summed E-state index contributed by atoms with van der Waals surface area (Å²) < 4.78 is 43.7. The molecule has 254 valence electrons. The summed E-state index contributed by atoms with van der Waals surface area (Å²) in [5, 5.41) is 4.39. The molecule has 9 aromatic carbocycles. The van der Waals surface area contributed by atoms with Gasteiger partial charge >= 0.3 is 0 Å². The van der Waals surface area contributed by atoms with Gasteiger partial charge in [0.05, 0.1) is 23.6 Å². The monoisotopic (exact) mass is 693 g/mol. The number of para-hydroxylation sites is 4. The Labute approximate surface area is 322 Å². The van der Waals surface area contributed by atoms with E-state index in [1.54, 1.807) is 0 Å². The lowest BCUT2D eigenvalue weighted by molar-refractivity contribution is 1.18. The number of nitrogens with zero attached hydrogens (tertiary/aromatic N) is 2. The largest absolute Gasteiger partial charge is 0.310 e. The van der Waals surface area contributed by atoms with Crippen LogP contribution in [0.3, 0.4) is 0 Å². The number of rotatable bonds is 7. The molecule has 0 fully saturated rings. The zero-order chi connectivity index (χ0) is 40.2. The van der Waals surface area contributed by atoms with Gasteiger partial charge in [-0.15, -0.1) is 0 Å². The molecule has 0 aliphatic carbocycles. The molecule has 2 nitrogen and oxygen atoms in total. The van der Waals surface area contributed by atoms with Crippen molar-refractivity contribution in [3.8, 4) is 39.1 Å². The molecule has 0 saturated carbocycles. The Morgan fingerprint density at radius 3 is 1.61 bits per heavy atom. The molecular weight excluding hydrogens is 653 g/mol. The lowest BCUT2D eigenvalue weighted by atomic mass is 9.97. The van der Waals surface area contributed by atoms with Crippen LogP contribution in [-0.4, -0.2) is 4.57 Å². The molecule has 10 aromatic rings. The summed E-state index contributed by atoms with van der Waals surface area (Å²) in [4.78, 5) is 2.30. The van der Waals surface area contributed by atoms with Gasteiger partial charge in [-0.05, 0) is 105 Å². The van der Waals surface area contributed by atoms with Crippen LogP contribution >= 0.6 is 0 Å². The zero-order valence-electron chi connectivity index (χ0n) is 34.3. The highest BCUT2D eigenvalue weighted by molar-refractivity contribution is 6.09. The molecule has 54 heavy (non-hydrogen) atoms. The molecule has 0 bridgehead atoms. The molecule has 10 rings (SSSR count). The summed E-state index contributed by atoms with van der Waals surface area (Å²) in [7, 11) is 0. The van der Waals surface area contributed by atoms with Gasteiger partial charge in [0, 0.05) is 33.4 Å². The van der Waals surface area contributed by atoms with E-state index in [0.29, 0.717) is 5.56 Å². The number of hydrogen-bond acceptors (Lipinski definition) is 1. The Morgan fingerprint density at radius 1 is 0.389 bits per heavy atom. The fourth-order valence-corrected chi connectivity index (χ4v) is 7.69. The van der Waals surface area contributed by atoms with Gasteiger partial charge in [-0.2, -0.15) is 0 Å². The van der Waals surface area contributed by atoms with Crippen molar-refractivity contribution >= 4 is 49.6 Å². The second-order valence-electron chi connectivity index (χ2n) is 13.4. The maximum atomic E-state index is 8.51. The summed E-state index contributed by atoms with van der Waals surface area (Å²) in [6.07, 6.45) is 0. The fraction of sp³-hybridized carbons (Fsp3) is 0. The first-order valence-electron chi connectivity index (χ1n) is 20.6. The average Bonchev–Trinajstić information content (AvgIpc) is 3.63. The first-order valence-corrected chi connectivity index (χ1v) is 18.1. The van der Waals surface area contributed by atoms with Crippen molar-refractivity contribution in [2.24, 2.45) is 0 Å². The second-order valence-corrected chi connectivity index (χ2v) is 13.4. The lowest BCUT2D eigenvalue weighted by Gasteiger charge is -2.28. The van der Waals surface area contributed by atoms with Gasteiger partial charge in [-0.1, -0.05) is 152 Å². The third-order valence-corrected chi connectivity index (χ3v) is 10.3. The van der Waals surface area contributed by atoms with Crippen LogP contribution in [0.15, 0.2) is 218 Å². The van der Waals surface area contributed by atoms with Crippen LogP contribution in [0.5, 0.6) is 0 Å². The van der Waals surface area contributed by atoms with Gasteiger partial charge in [0.2, 0.25) is 0 Å². The molecule has 2 heteroatoms. The maximum absolute atomic E-state index is 8.51. The van der Waals surface area contributed by atoms with Crippen LogP contribution in [0, 0.1) is 0 Å². The van der Waals surface area contributed by atoms with E-state index in [0.717, 1.165) is 55.8 Å². The molecule has 0 aliphatic rings. The molecule has 0 atom stereocenters. The quantitative estimate of drug-likeness (QED) is 0.161. The molecule has 0 saturated heterocycles. The van der Waals surface area contributed by atoms with Gasteiger partial charge in [0.25, 0.3) is 0 Å².